The van der Waals surface area contributed by atoms with Crippen molar-refractivity contribution in [3.05, 3.63) is 48.5 Å². The second kappa shape index (κ2) is 10.8. The molecule has 0 aliphatic carbocycles. The van der Waals surface area contributed by atoms with Crippen LogP contribution in [0.5, 0.6) is 5.75 Å². The monoisotopic (exact) mass is 489 g/mol. The summed E-state index contributed by atoms with van der Waals surface area (Å²) < 4.78 is 34.9. The molecular formula is C25H35N3O5S. The average molecular weight is 490 g/mol. The number of ether oxygens (including phenoxy) is 1. The molecule has 0 aromatic heterocycles. The molecule has 2 amide bonds. The van der Waals surface area contributed by atoms with Crippen LogP contribution in [0.25, 0.3) is 11.1 Å². The van der Waals surface area contributed by atoms with Crippen LogP contribution in [0.2, 0.25) is 0 Å². The topological polar surface area (TPSA) is 99.2 Å². The SMILES string of the molecule is CC(C)NC(=O)N(C)C[C@@H]1Oc2cc(-c3ccccc3)ccc2S(=O)(=O)N([C@H](C)CO)C[C@@H]1C. The van der Waals surface area contributed by atoms with E-state index in [4.69, 9.17) is 4.74 Å². The third-order valence-electron chi connectivity index (χ3n) is 5.99. The number of nitrogens with one attached hydrogen (secondary N) is 1. The lowest BCUT2D eigenvalue weighted by Gasteiger charge is -2.37. The highest BCUT2D eigenvalue weighted by Gasteiger charge is 2.38. The van der Waals surface area contributed by atoms with Gasteiger partial charge in [-0.2, -0.15) is 4.31 Å². The van der Waals surface area contributed by atoms with Crippen molar-refractivity contribution in [1.82, 2.24) is 14.5 Å². The van der Waals surface area contributed by atoms with Crippen molar-refractivity contribution in [2.45, 2.75) is 50.8 Å². The van der Waals surface area contributed by atoms with Crippen LogP contribution in [-0.2, 0) is 10.0 Å². The van der Waals surface area contributed by atoms with E-state index in [-0.39, 0.29) is 48.3 Å². The molecule has 2 aromatic rings. The van der Waals surface area contributed by atoms with Gasteiger partial charge in [0.15, 0.2) is 0 Å². The lowest BCUT2D eigenvalue weighted by Crippen LogP contribution is -2.51. The molecule has 1 aliphatic rings. The number of aliphatic hydroxyl groups excluding tert-OH is 1. The number of carbonyl (C=O) groups is 1. The van der Waals surface area contributed by atoms with Crippen LogP contribution >= 0.6 is 0 Å². The maximum absolute atomic E-state index is 13.6. The molecule has 0 fully saturated rings. The van der Waals surface area contributed by atoms with Crippen LogP contribution in [0, 0.1) is 5.92 Å². The molecule has 0 saturated heterocycles. The van der Waals surface area contributed by atoms with Gasteiger partial charge < -0.3 is 20.1 Å². The predicted molar refractivity (Wildman–Crippen MR) is 132 cm³/mol. The van der Waals surface area contributed by atoms with Gasteiger partial charge in [-0.25, -0.2) is 13.2 Å². The zero-order valence-electron chi connectivity index (χ0n) is 20.4. The maximum Gasteiger partial charge on any atom is 0.317 e. The summed E-state index contributed by atoms with van der Waals surface area (Å²) in [5.41, 5.74) is 1.76. The Balaban J connectivity index is 2.06. The summed E-state index contributed by atoms with van der Waals surface area (Å²) in [5, 5.41) is 12.6. The summed E-state index contributed by atoms with van der Waals surface area (Å²) >= 11 is 0. The highest BCUT2D eigenvalue weighted by molar-refractivity contribution is 7.89. The fourth-order valence-corrected chi connectivity index (χ4v) is 5.79. The molecule has 3 rings (SSSR count). The Labute approximate surface area is 202 Å². The third-order valence-corrected chi connectivity index (χ3v) is 8.01. The van der Waals surface area contributed by atoms with Gasteiger partial charge in [0.1, 0.15) is 16.7 Å². The lowest BCUT2D eigenvalue weighted by atomic mass is 10.0. The van der Waals surface area contributed by atoms with Crippen LogP contribution in [0.1, 0.15) is 27.7 Å². The van der Waals surface area contributed by atoms with Gasteiger partial charge in [0.2, 0.25) is 10.0 Å². The van der Waals surface area contributed by atoms with Crippen LogP contribution in [0.4, 0.5) is 4.79 Å². The van der Waals surface area contributed by atoms with Crippen molar-refractivity contribution in [3.8, 4) is 16.9 Å². The smallest absolute Gasteiger partial charge is 0.317 e. The molecular weight excluding hydrogens is 454 g/mol. The number of benzene rings is 2. The second-order valence-electron chi connectivity index (χ2n) is 9.25. The van der Waals surface area contributed by atoms with E-state index in [1.807, 2.05) is 51.1 Å². The van der Waals surface area contributed by atoms with Gasteiger partial charge >= 0.3 is 6.03 Å². The third kappa shape index (κ3) is 5.71. The van der Waals surface area contributed by atoms with E-state index in [9.17, 15) is 18.3 Å². The van der Waals surface area contributed by atoms with E-state index in [1.165, 1.54) is 4.31 Å². The highest BCUT2D eigenvalue weighted by atomic mass is 32.2. The lowest BCUT2D eigenvalue weighted by molar-refractivity contribution is 0.0810. The van der Waals surface area contributed by atoms with Gasteiger partial charge in [-0.15, -0.1) is 0 Å². The zero-order chi connectivity index (χ0) is 25.0. The van der Waals surface area contributed by atoms with Crippen LogP contribution in [0.3, 0.4) is 0 Å². The van der Waals surface area contributed by atoms with Gasteiger partial charge in [-0.1, -0.05) is 43.3 Å². The average Bonchev–Trinajstić information content (AvgIpc) is 2.80. The number of sulfonamides is 1. The summed E-state index contributed by atoms with van der Waals surface area (Å²) in [6.07, 6.45) is -0.462. The summed E-state index contributed by atoms with van der Waals surface area (Å²) in [5.74, 6) is -0.00248. The predicted octanol–water partition coefficient (Wildman–Crippen LogP) is 3.17. The first-order valence-electron chi connectivity index (χ1n) is 11.5. The molecule has 186 valence electrons. The molecule has 0 unspecified atom stereocenters. The Morgan fingerprint density at radius 3 is 2.47 bits per heavy atom. The molecule has 2 aromatic carbocycles. The van der Waals surface area contributed by atoms with Crippen molar-refractivity contribution in [1.29, 1.82) is 0 Å². The van der Waals surface area contributed by atoms with Gasteiger partial charge in [-0.05, 0) is 44.0 Å². The van der Waals surface area contributed by atoms with Gasteiger partial charge in [0.05, 0.1) is 13.2 Å². The second-order valence-corrected chi connectivity index (χ2v) is 11.1. The molecule has 8 nitrogen and oxygen atoms in total. The maximum atomic E-state index is 13.6. The molecule has 34 heavy (non-hydrogen) atoms. The molecule has 1 aliphatic heterocycles. The Morgan fingerprint density at radius 2 is 1.85 bits per heavy atom. The normalized spacial score (nSPS) is 21.0. The number of likely N-dealkylation sites (N-methyl/N-ethyl adjacent to an activating group) is 1. The van der Waals surface area contributed by atoms with E-state index < -0.39 is 22.2 Å². The zero-order valence-corrected chi connectivity index (χ0v) is 21.2. The standard InChI is InChI=1S/C25H35N3O5S/c1-17(2)26-25(30)27(5)15-23-18(3)14-28(19(4)16-29)34(31,32)24-12-11-21(13-22(24)33-23)20-9-7-6-8-10-20/h6-13,17-19,23,29H,14-16H2,1-5H3,(H,26,30)/t18-,19+,23-/m0/s1. The summed E-state index contributed by atoms with van der Waals surface area (Å²) in [6, 6.07) is 13.9. The number of carbonyl (C=O) groups excluding carboxylic acids is 1. The molecule has 9 heteroatoms. The van der Waals surface area contributed by atoms with Crippen molar-refractivity contribution in [2.75, 3.05) is 26.7 Å². The Kier molecular flexibility index (Phi) is 8.22. The fourth-order valence-electron chi connectivity index (χ4n) is 3.96. The Hall–Kier alpha value is -2.62. The van der Waals surface area contributed by atoms with Crippen molar-refractivity contribution in [2.24, 2.45) is 5.92 Å². The number of fused-ring (bicyclic) bond motifs is 1. The summed E-state index contributed by atoms with van der Waals surface area (Å²) in [6.45, 7) is 7.50. The minimum Gasteiger partial charge on any atom is -0.487 e. The van der Waals surface area contributed by atoms with Crippen LogP contribution in [-0.4, -0.2) is 73.7 Å². The first-order valence-corrected chi connectivity index (χ1v) is 13.0. The molecule has 0 spiro atoms. The van der Waals surface area contributed by atoms with Crippen molar-refractivity contribution in [3.63, 3.8) is 0 Å². The van der Waals surface area contributed by atoms with Crippen molar-refractivity contribution < 1.29 is 23.1 Å². The number of amides is 2. The molecule has 0 radical (unpaired) electrons. The molecule has 1 heterocycles. The number of urea groups is 1. The van der Waals surface area contributed by atoms with E-state index in [2.05, 4.69) is 5.32 Å². The first kappa shape index (κ1) is 26.0. The number of rotatable bonds is 6. The number of hydrogen-bond donors (Lipinski definition) is 2. The highest BCUT2D eigenvalue weighted by Crippen LogP contribution is 2.36. The van der Waals surface area contributed by atoms with Gasteiger partial charge in [0.25, 0.3) is 0 Å². The molecule has 3 atom stereocenters. The van der Waals surface area contributed by atoms with E-state index in [0.29, 0.717) is 0 Å². The van der Waals surface area contributed by atoms with Crippen molar-refractivity contribution >= 4 is 16.1 Å². The first-order chi connectivity index (χ1) is 16.0. The minimum absolute atomic E-state index is 0.00850. The van der Waals surface area contributed by atoms with Gasteiger partial charge in [0, 0.05) is 31.6 Å². The quantitative estimate of drug-likeness (QED) is 0.649. The van der Waals surface area contributed by atoms with Crippen LogP contribution < -0.4 is 10.1 Å². The van der Waals surface area contributed by atoms with E-state index in [0.717, 1.165) is 11.1 Å². The Bertz CT molecular complexity index is 1090. The summed E-state index contributed by atoms with van der Waals surface area (Å²) in [7, 11) is -2.22. The fraction of sp³-hybridized carbons (Fsp3) is 0.480. The molecule has 2 N–H and O–H groups in total. The Morgan fingerprint density at radius 1 is 1.18 bits per heavy atom. The number of hydrogen-bond acceptors (Lipinski definition) is 5. The number of aliphatic hydroxyl groups is 1. The minimum atomic E-state index is -3.91. The van der Waals surface area contributed by atoms with E-state index in [1.54, 1.807) is 37.1 Å². The summed E-state index contributed by atoms with van der Waals surface area (Å²) in [4.78, 5) is 14.1. The number of nitrogens with zero attached hydrogens (tertiary/aromatic N) is 2. The van der Waals surface area contributed by atoms with Crippen LogP contribution in [0.15, 0.2) is 53.4 Å². The van der Waals surface area contributed by atoms with E-state index >= 15 is 0 Å². The molecule has 0 bridgehead atoms. The largest absolute Gasteiger partial charge is 0.487 e. The van der Waals surface area contributed by atoms with Gasteiger partial charge in [-0.3, -0.25) is 0 Å². The molecule has 0 saturated carbocycles.